The van der Waals surface area contributed by atoms with Crippen molar-refractivity contribution in [3.63, 3.8) is 0 Å². The number of aliphatic imine (C=N–C) groups is 1. The van der Waals surface area contributed by atoms with Gasteiger partial charge in [-0.25, -0.2) is 0 Å². The molecule has 142 valence electrons. The molecule has 0 amide bonds. The number of benzene rings is 1. The van der Waals surface area contributed by atoms with Crippen LogP contribution in [0.4, 0.5) is 0 Å². The van der Waals surface area contributed by atoms with Gasteiger partial charge in [0.25, 0.3) is 0 Å². The van der Waals surface area contributed by atoms with Crippen molar-refractivity contribution in [2.24, 2.45) is 10.7 Å². The third kappa shape index (κ3) is 3.38. The fourth-order valence-electron chi connectivity index (χ4n) is 3.92. The van der Waals surface area contributed by atoms with E-state index in [-0.39, 0.29) is 6.10 Å². The van der Waals surface area contributed by atoms with Gasteiger partial charge in [0.2, 0.25) is 0 Å². The van der Waals surface area contributed by atoms with E-state index in [1.54, 1.807) is 24.0 Å². The average Bonchev–Trinajstić information content (AvgIpc) is 2.72. The van der Waals surface area contributed by atoms with E-state index in [9.17, 15) is 0 Å². The average molecular weight is 390 g/mol. The molecule has 2 aliphatic rings. The van der Waals surface area contributed by atoms with E-state index in [2.05, 4.69) is 36.3 Å². The monoisotopic (exact) mass is 389 g/mol. The van der Waals surface area contributed by atoms with E-state index in [4.69, 9.17) is 15.5 Å². The minimum atomic E-state index is -0.394. The predicted molar refractivity (Wildman–Crippen MR) is 118 cm³/mol. The third-order valence-corrected chi connectivity index (χ3v) is 6.07. The first-order chi connectivity index (χ1) is 13.6. The van der Waals surface area contributed by atoms with Crippen LogP contribution in [0.15, 0.2) is 84.7 Å². The quantitative estimate of drug-likeness (QED) is 0.760. The van der Waals surface area contributed by atoms with Gasteiger partial charge in [-0.15, -0.1) is 0 Å². The van der Waals surface area contributed by atoms with Crippen LogP contribution in [0.2, 0.25) is 0 Å². The van der Waals surface area contributed by atoms with E-state index in [0.29, 0.717) is 5.17 Å². The van der Waals surface area contributed by atoms with Crippen molar-refractivity contribution in [2.45, 2.75) is 24.5 Å². The van der Waals surface area contributed by atoms with Crippen molar-refractivity contribution in [3.8, 4) is 16.9 Å². The summed E-state index contributed by atoms with van der Waals surface area (Å²) < 4.78 is 6.37. The van der Waals surface area contributed by atoms with Crippen LogP contribution in [0.3, 0.4) is 0 Å². The fraction of sp³-hybridized carbons (Fsp3) is 0.217. The first-order valence-electron chi connectivity index (χ1n) is 9.30. The van der Waals surface area contributed by atoms with Gasteiger partial charge >= 0.3 is 0 Å². The van der Waals surface area contributed by atoms with Gasteiger partial charge in [0.15, 0.2) is 5.17 Å². The first-order valence-corrected chi connectivity index (χ1v) is 10.3. The molecule has 4 nitrogen and oxygen atoms in total. The second kappa shape index (κ2) is 7.68. The molecular weight excluding hydrogens is 366 g/mol. The fourth-order valence-corrected chi connectivity index (χ4v) is 4.80. The van der Waals surface area contributed by atoms with Crippen molar-refractivity contribution in [3.05, 3.63) is 85.2 Å². The first kappa shape index (κ1) is 18.6. The van der Waals surface area contributed by atoms with Crippen LogP contribution in [-0.4, -0.2) is 22.0 Å². The Kier molecular flexibility index (Phi) is 5.09. The smallest absolute Gasteiger partial charge is 0.154 e. The molecule has 0 fully saturated rings. The van der Waals surface area contributed by atoms with E-state index in [0.717, 1.165) is 46.6 Å². The summed E-state index contributed by atoms with van der Waals surface area (Å²) >= 11 is 1.61. The van der Waals surface area contributed by atoms with Crippen LogP contribution in [-0.2, 0) is 5.54 Å². The maximum atomic E-state index is 6.37. The molecule has 0 saturated carbocycles. The number of aromatic nitrogens is 1. The highest BCUT2D eigenvalue weighted by Crippen LogP contribution is 2.49. The molecule has 2 atom stereocenters. The Morgan fingerprint density at radius 2 is 2.18 bits per heavy atom. The lowest BCUT2D eigenvalue weighted by Gasteiger charge is -2.42. The van der Waals surface area contributed by atoms with Crippen molar-refractivity contribution in [2.75, 3.05) is 5.75 Å². The van der Waals surface area contributed by atoms with E-state index in [1.165, 1.54) is 0 Å². The Balaban J connectivity index is 1.85. The van der Waals surface area contributed by atoms with Crippen molar-refractivity contribution >= 4 is 16.9 Å². The van der Waals surface area contributed by atoms with E-state index >= 15 is 0 Å². The molecule has 0 saturated heterocycles. The molecule has 4 rings (SSSR count). The second-order valence-corrected chi connectivity index (χ2v) is 8.07. The molecular formula is C23H23N3OS. The summed E-state index contributed by atoms with van der Waals surface area (Å²) in [4.78, 5) is 9.20. The van der Waals surface area contributed by atoms with Crippen molar-refractivity contribution in [1.29, 1.82) is 0 Å². The number of rotatable bonds is 4. The molecule has 2 aliphatic heterocycles. The normalized spacial score (nSPS) is 24.1. The molecule has 2 unspecified atom stereocenters. The van der Waals surface area contributed by atoms with Gasteiger partial charge < -0.3 is 10.5 Å². The minimum absolute atomic E-state index is 0.133. The number of fused-ring (bicyclic) bond motifs is 2. The van der Waals surface area contributed by atoms with E-state index < -0.39 is 5.54 Å². The van der Waals surface area contributed by atoms with Gasteiger partial charge in [-0.2, -0.15) is 0 Å². The van der Waals surface area contributed by atoms with Gasteiger partial charge in [-0.3, -0.25) is 9.98 Å². The van der Waals surface area contributed by atoms with Crippen LogP contribution in [0.1, 0.15) is 18.4 Å². The van der Waals surface area contributed by atoms with Crippen LogP contribution >= 0.6 is 11.8 Å². The number of hydrogen-bond donors (Lipinski definition) is 1. The maximum Gasteiger partial charge on any atom is 0.154 e. The summed E-state index contributed by atoms with van der Waals surface area (Å²) in [5.74, 6) is 1.79. The summed E-state index contributed by atoms with van der Waals surface area (Å²) in [5.41, 5.74) is 10.0. The number of nitrogens with two attached hydrogens (primary N) is 1. The third-order valence-electron chi connectivity index (χ3n) is 5.28. The molecule has 0 radical (unpaired) electrons. The number of thioether (sulfide) groups is 1. The highest BCUT2D eigenvalue weighted by molar-refractivity contribution is 8.13. The molecule has 2 aromatic rings. The SMILES string of the molecule is C=C/C=C(\C=C)C1CC2(CCSC(N)=N2)c2cc(-c3cccnc3)ccc2O1. The maximum absolute atomic E-state index is 6.37. The Morgan fingerprint density at radius 3 is 2.89 bits per heavy atom. The standard InChI is InChI=1S/C23H23N3OS/c1-3-6-16(4-2)21-14-23(10-12-28-22(24)26-23)19-13-17(8-9-20(19)27-21)18-7-5-11-25-15-18/h3-9,11,13,15,21H,1-2,10,12,14H2,(H2,24,26)/b16-6+. The molecule has 28 heavy (non-hydrogen) atoms. The summed E-state index contributed by atoms with van der Waals surface area (Å²) in [6.07, 6.45) is 10.7. The largest absolute Gasteiger partial charge is 0.485 e. The number of pyridine rings is 1. The van der Waals surface area contributed by atoms with Gasteiger partial charge in [0.1, 0.15) is 11.9 Å². The Labute approximate surface area is 169 Å². The van der Waals surface area contributed by atoms with Crippen LogP contribution in [0.25, 0.3) is 11.1 Å². The summed E-state index contributed by atoms with van der Waals surface area (Å²) in [6, 6.07) is 10.3. The highest BCUT2D eigenvalue weighted by Gasteiger charge is 2.44. The molecule has 1 aromatic carbocycles. The lowest BCUT2D eigenvalue weighted by Crippen LogP contribution is -2.41. The second-order valence-electron chi connectivity index (χ2n) is 6.95. The zero-order chi connectivity index (χ0) is 19.6. The number of nitrogens with zero attached hydrogens (tertiary/aromatic N) is 2. The molecule has 0 aliphatic carbocycles. The predicted octanol–water partition coefficient (Wildman–Crippen LogP) is 4.85. The summed E-state index contributed by atoms with van der Waals surface area (Å²) in [7, 11) is 0. The van der Waals surface area contributed by atoms with Crippen molar-refractivity contribution in [1.82, 2.24) is 4.98 Å². The van der Waals surface area contributed by atoms with Gasteiger partial charge in [0.05, 0.1) is 5.54 Å². The van der Waals surface area contributed by atoms with Crippen LogP contribution in [0, 0.1) is 0 Å². The summed E-state index contributed by atoms with van der Waals surface area (Å²) in [5, 5.41) is 0.637. The zero-order valence-corrected chi connectivity index (χ0v) is 16.5. The topological polar surface area (TPSA) is 60.5 Å². The molecule has 3 heterocycles. The number of allylic oxidation sites excluding steroid dienone is 2. The number of hydrogen-bond acceptors (Lipinski definition) is 5. The minimum Gasteiger partial charge on any atom is -0.485 e. The molecule has 1 aromatic heterocycles. The Morgan fingerprint density at radius 1 is 1.29 bits per heavy atom. The Hall–Kier alpha value is -2.79. The Bertz CT molecular complexity index is 967. The van der Waals surface area contributed by atoms with Gasteiger partial charge in [0, 0.05) is 35.7 Å². The van der Waals surface area contributed by atoms with Gasteiger partial charge in [-0.1, -0.05) is 55.3 Å². The molecule has 2 N–H and O–H groups in total. The number of ether oxygens (including phenoxy) is 1. The highest BCUT2D eigenvalue weighted by atomic mass is 32.2. The lowest BCUT2D eigenvalue weighted by atomic mass is 9.77. The van der Waals surface area contributed by atoms with Crippen molar-refractivity contribution < 1.29 is 4.74 Å². The van der Waals surface area contributed by atoms with Gasteiger partial charge in [-0.05, 0) is 35.8 Å². The van der Waals surface area contributed by atoms with Crippen LogP contribution < -0.4 is 10.5 Å². The summed E-state index contributed by atoms with van der Waals surface area (Å²) in [6.45, 7) is 7.76. The molecule has 0 bridgehead atoms. The number of amidine groups is 1. The molecule has 1 spiro atoms. The van der Waals surface area contributed by atoms with E-state index in [1.807, 2.05) is 30.5 Å². The molecule has 5 heteroatoms. The zero-order valence-electron chi connectivity index (χ0n) is 15.7. The van der Waals surface area contributed by atoms with Crippen LogP contribution in [0.5, 0.6) is 5.75 Å². The lowest BCUT2D eigenvalue weighted by molar-refractivity contribution is 0.152.